The summed E-state index contributed by atoms with van der Waals surface area (Å²) in [6.07, 6.45) is 1.10. The van der Waals surface area contributed by atoms with Crippen LogP contribution in [0.4, 0.5) is 10.1 Å². The van der Waals surface area contributed by atoms with Gasteiger partial charge in [-0.1, -0.05) is 26.8 Å². The Morgan fingerprint density at radius 1 is 1.19 bits per heavy atom. The van der Waals surface area contributed by atoms with Crippen molar-refractivity contribution in [3.8, 4) is 5.75 Å². The van der Waals surface area contributed by atoms with Gasteiger partial charge in [0, 0.05) is 30.9 Å². The number of rotatable bonds is 6. The van der Waals surface area contributed by atoms with E-state index in [1.54, 1.807) is 6.07 Å². The van der Waals surface area contributed by atoms with Gasteiger partial charge >= 0.3 is 0 Å². The molecular formula is C25H29FN2O3S. The molecule has 0 atom stereocenters. The second-order valence-corrected chi connectivity index (χ2v) is 10.3. The van der Waals surface area contributed by atoms with E-state index in [9.17, 15) is 9.18 Å². The Morgan fingerprint density at radius 2 is 1.94 bits per heavy atom. The Labute approximate surface area is 192 Å². The van der Waals surface area contributed by atoms with Gasteiger partial charge < -0.3 is 14.1 Å². The normalized spacial score (nSPS) is 14.0. The van der Waals surface area contributed by atoms with E-state index in [2.05, 4.69) is 30.4 Å². The SMILES string of the molecule is CC(C)Oc1ccc(C(C)(C)C)cc1SNC(=O)c1cc2c(F)cc(N3CCC3)cc2o1. The molecule has 2 heterocycles. The number of carbonyl (C=O) groups is 1. The molecular weight excluding hydrogens is 427 g/mol. The van der Waals surface area contributed by atoms with Crippen LogP contribution < -0.4 is 14.4 Å². The van der Waals surface area contributed by atoms with Crippen LogP contribution in [0.2, 0.25) is 0 Å². The van der Waals surface area contributed by atoms with Crippen molar-refractivity contribution in [1.82, 2.24) is 4.72 Å². The number of carbonyl (C=O) groups excluding carboxylic acids is 1. The first-order valence-electron chi connectivity index (χ1n) is 10.9. The van der Waals surface area contributed by atoms with Crippen LogP contribution in [0.15, 0.2) is 45.7 Å². The highest BCUT2D eigenvalue weighted by molar-refractivity contribution is 7.98. The summed E-state index contributed by atoms with van der Waals surface area (Å²) in [6.45, 7) is 12.1. The molecule has 1 amide bonds. The molecule has 1 saturated heterocycles. The first kappa shape index (κ1) is 22.5. The number of hydrogen-bond donors (Lipinski definition) is 1. The van der Waals surface area contributed by atoms with Gasteiger partial charge in [0.2, 0.25) is 0 Å². The minimum atomic E-state index is -0.423. The molecule has 0 aliphatic carbocycles. The van der Waals surface area contributed by atoms with Crippen LogP contribution in [-0.4, -0.2) is 25.1 Å². The second-order valence-electron chi connectivity index (χ2n) is 9.40. The van der Waals surface area contributed by atoms with E-state index >= 15 is 0 Å². The van der Waals surface area contributed by atoms with Gasteiger partial charge in [-0.05, 0) is 61.4 Å². The molecule has 2 aromatic carbocycles. The molecule has 1 fully saturated rings. The molecule has 0 unspecified atom stereocenters. The third kappa shape index (κ3) is 4.72. The van der Waals surface area contributed by atoms with E-state index in [1.807, 2.05) is 32.0 Å². The minimum Gasteiger partial charge on any atom is -0.490 e. The molecule has 0 radical (unpaired) electrons. The summed E-state index contributed by atoms with van der Waals surface area (Å²) in [5.74, 6) is -0.0308. The first-order valence-corrected chi connectivity index (χ1v) is 11.7. The van der Waals surface area contributed by atoms with Crippen molar-refractivity contribution >= 4 is 34.5 Å². The molecule has 0 bridgehead atoms. The van der Waals surface area contributed by atoms with Crippen molar-refractivity contribution in [2.24, 2.45) is 0 Å². The molecule has 3 aromatic rings. The lowest BCUT2D eigenvalue weighted by molar-refractivity contribution is 0.0959. The van der Waals surface area contributed by atoms with Crippen molar-refractivity contribution in [3.63, 3.8) is 0 Å². The monoisotopic (exact) mass is 456 g/mol. The van der Waals surface area contributed by atoms with Crippen molar-refractivity contribution in [1.29, 1.82) is 0 Å². The van der Waals surface area contributed by atoms with Crippen LogP contribution >= 0.6 is 11.9 Å². The third-order valence-electron chi connectivity index (χ3n) is 5.44. The quantitative estimate of drug-likeness (QED) is 0.441. The lowest BCUT2D eigenvalue weighted by Gasteiger charge is -2.33. The fraction of sp³-hybridized carbons (Fsp3) is 0.400. The van der Waals surface area contributed by atoms with E-state index in [-0.39, 0.29) is 23.1 Å². The summed E-state index contributed by atoms with van der Waals surface area (Å²) in [5.41, 5.74) is 2.25. The van der Waals surface area contributed by atoms with Crippen LogP contribution in [0.1, 0.15) is 57.2 Å². The summed E-state index contributed by atoms with van der Waals surface area (Å²) in [4.78, 5) is 15.7. The maximum Gasteiger partial charge on any atom is 0.297 e. The predicted molar refractivity (Wildman–Crippen MR) is 127 cm³/mol. The smallest absolute Gasteiger partial charge is 0.297 e. The van der Waals surface area contributed by atoms with Gasteiger partial charge in [-0.25, -0.2) is 4.39 Å². The molecule has 7 heteroatoms. The largest absolute Gasteiger partial charge is 0.490 e. The lowest BCUT2D eigenvalue weighted by Crippen LogP contribution is -2.36. The van der Waals surface area contributed by atoms with Crippen LogP contribution in [-0.2, 0) is 5.41 Å². The second kappa shape index (κ2) is 8.70. The standard InChI is InChI=1S/C25H29FN2O3S/c1-15(2)30-20-8-7-16(25(3,4)5)11-23(20)32-27-24(29)22-14-18-19(26)12-17(13-21(18)31-22)28-9-6-10-28/h7-8,11-15H,6,9-10H2,1-5H3,(H,27,29). The molecule has 1 N–H and O–H groups in total. The summed E-state index contributed by atoms with van der Waals surface area (Å²) in [5, 5.41) is 0.308. The number of hydrogen-bond acceptors (Lipinski definition) is 5. The van der Waals surface area contributed by atoms with Crippen LogP contribution in [0.3, 0.4) is 0 Å². The number of furan rings is 1. The Morgan fingerprint density at radius 3 is 2.56 bits per heavy atom. The van der Waals surface area contributed by atoms with Gasteiger partial charge in [-0.2, -0.15) is 0 Å². The maximum absolute atomic E-state index is 14.6. The van der Waals surface area contributed by atoms with Crippen LogP contribution in [0.5, 0.6) is 5.75 Å². The topological polar surface area (TPSA) is 54.7 Å². The maximum atomic E-state index is 14.6. The number of nitrogens with one attached hydrogen (secondary N) is 1. The average molecular weight is 457 g/mol. The Kier molecular flexibility index (Phi) is 6.12. The summed E-state index contributed by atoms with van der Waals surface area (Å²) in [7, 11) is 0. The molecule has 4 rings (SSSR count). The molecule has 1 aliphatic heterocycles. The summed E-state index contributed by atoms with van der Waals surface area (Å²) < 4.78 is 29.0. The zero-order valence-electron chi connectivity index (χ0n) is 19.1. The molecule has 1 aromatic heterocycles. The third-order valence-corrected chi connectivity index (χ3v) is 6.27. The van der Waals surface area contributed by atoms with E-state index in [0.29, 0.717) is 16.7 Å². The molecule has 0 spiro atoms. The van der Waals surface area contributed by atoms with E-state index in [0.717, 1.165) is 35.7 Å². The van der Waals surface area contributed by atoms with Crippen LogP contribution in [0, 0.1) is 5.82 Å². The highest BCUT2D eigenvalue weighted by Crippen LogP contribution is 2.35. The zero-order chi connectivity index (χ0) is 23.0. The summed E-state index contributed by atoms with van der Waals surface area (Å²) in [6, 6.07) is 10.8. The highest BCUT2D eigenvalue weighted by Gasteiger charge is 2.21. The molecule has 32 heavy (non-hydrogen) atoms. The molecule has 170 valence electrons. The predicted octanol–water partition coefficient (Wildman–Crippen LogP) is 6.30. The average Bonchev–Trinajstić information content (AvgIpc) is 3.09. The van der Waals surface area contributed by atoms with Gasteiger partial charge in [0.05, 0.1) is 16.4 Å². The van der Waals surface area contributed by atoms with Gasteiger partial charge in [0.1, 0.15) is 17.1 Å². The van der Waals surface area contributed by atoms with Crippen molar-refractivity contribution in [3.05, 3.63) is 53.5 Å². The number of halogens is 1. The summed E-state index contributed by atoms with van der Waals surface area (Å²) >= 11 is 1.17. The fourth-order valence-corrected chi connectivity index (χ4v) is 4.21. The first-order chi connectivity index (χ1) is 15.1. The van der Waals surface area contributed by atoms with E-state index in [1.165, 1.54) is 24.1 Å². The van der Waals surface area contributed by atoms with Gasteiger partial charge in [-0.15, -0.1) is 0 Å². The van der Waals surface area contributed by atoms with Gasteiger partial charge in [-0.3, -0.25) is 9.52 Å². The molecule has 0 saturated carbocycles. The Bertz CT molecular complexity index is 1150. The minimum absolute atomic E-state index is 0.00416. The van der Waals surface area contributed by atoms with Crippen molar-refractivity contribution in [2.45, 2.75) is 57.5 Å². The number of benzene rings is 2. The number of ether oxygens (including phenoxy) is 1. The molecule has 1 aliphatic rings. The number of nitrogens with zero attached hydrogens (tertiary/aromatic N) is 1. The number of amides is 1. The van der Waals surface area contributed by atoms with E-state index in [4.69, 9.17) is 9.15 Å². The van der Waals surface area contributed by atoms with Crippen molar-refractivity contribution in [2.75, 3.05) is 18.0 Å². The van der Waals surface area contributed by atoms with Gasteiger partial charge in [0.25, 0.3) is 5.91 Å². The van der Waals surface area contributed by atoms with Crippen molar-refractivity contribution < 1.29 is 18.3 Å². The highest BCUT2D eigenvalue weighted by atomic mass is 32.2. The van der Waals surface area contributed by atoms with E-state index < -0.39 is 5.91 Å². The Balaban J connectivity index is 1.55. The van der Waals surface area contributed by atoms with Gasteiger partial charge in [0.15, 0.2) is 5.76 Å². The van der Waals surface area contributed by atoms with Crippen LogP contribution in [0.25, 0.3) is 11.0 Å². The number of anilines is 1. The zero-order valence-corrected chi connectivity index (χ0v) is 19.9. The fourth-order valence-electron chi connectivity index (χ4n) is 3.51. The Hall–Kier alpha value is -2.67. The number of fused-ring (bicyclic) bond motifs is 1. The molecule has 5 nitrogen and oxygen atoms in total. The lowest BCUT2D eigenvalue weighted by atomic mass is 9.87.